The molecule has 0 aliphatic heterocycles. The number of carbonyl (C=O) groups is 1. The third kappa shape index (κ3) is 4.32. The summed E-state index contributed by atoms with van der Waals surface area (Å²) in [5, 5.41) is 5.84. The molecule has 1 rings (SSSR count). The van der Waals surface area contributed by atoms with Crippen molar-refractivity contribution in [2.45, 2.75) is 0 Å². The van der Waals surface area contributed by atoms with Gasteiger partial charge in [0.05, 0.1) is 10.6 Å². The number of amides is 1. The average Bonchev–Trinajstić information content (AvgIpc) is 2.28. The molecule has 0 fully saturated rings. The van der Waals surface area contributed by atoms with E-state index in [2.05, 4.69) is 15.6 Å². The van der Waals surface area contributed by atoms with E-state index in [4.69, 9.17) is 11.6 Å². The summed E-state index contributed by atoms with van der Waals surface area (Å²) in [6.07, 6.45) is 3.03. The molecule has 0 saturated carbocycles. The van der Waals surface area contributed by atoms with E-state index in [-0.39, 0.29) is 5.91 Å². The lowest BCUT2D eigenvalue weighted by Crippen LogP contribution is -2.27. The van der Waals surface area contributed by atoms with Crippen LogP contribution in [-0.2, 0) is 10.8 Å². The number of anilines is 1. The van der Waals surface area contributed by atoms with Gasteiger partial charge in [-0.3, -0.25) is 9.00 Å². The summed E-state index contributed by atoms with van der Waals surface area (Å²) in [5.41, 5.74) is 0.385. The third-order valence-corrected chi connectivity index (χ3v) is 3.08. The van der Waals surface area contributed by atoms with Gasteiger partial charge in [0.1, 0.15) is 5.82 Å². The van der Waals surface area contributed by atoms with Crippen molar-refractivity contribution in [3.8, 4) is 0 Å². The molecule has 1 aromatic rings. The second kappa shape index (κ2) is 6.56. The zero-order valence-corrected chi connectivity index (χ0v) is 11.2. The molecule has 2 N–H and O–H groups in total. The first-order chi connectivity index (χ1) is 8.04. The van der Waals surface area contributed by atoms with Crippen LogP contribution in [0, 0.1) is 0 Å². The summed E-state index contributed by atoms with van der Waals surface area (Å²) in [6.45, 7) is 0.368. The second-order valence-corrected chi connectivity index (χ2v) is 5.30. The molecule has 0 radical (unpaired) electrons. The Labute approximate surface area is 107 Å². The molecule has 0 aliphatic rings. The van der Waals surface area contributed by atoms with Crippen LogP contribution in [0.4, 0.5) is 5.82 Å². The fourth-order valence-corrected chi connectivity index (χ4v) is 1.81. The zero-order valence-electron chi connectivity index (χ0n) is 9.62. The summed E-state index contributed by atoms with van der Waals surface area (Å²) in [7, 11) is 0.785. The summed E-state index contributed by atoms with van der Waals surface area (Å²) < 4.78 is 10.8. The maximum absolute atomic E-state index is 11.6. The summed E-state index contributed by atoms with van der Waals surface area (Å²) in [5.74, 6) is 0.687. The van der Waals surface area contributed by atoms with Crippen LogP contribution in [0.2, 0.25) is 5.02 Å². The van der Waals surface area contributed by atoms with Gasteiger partial charge in [0.25, 0.3) is 5.91 Å². The largest absolute Gasteiger partial charge is 0.372 e. The summed E-state index contributed by atoms with van der Waals surface area (Å²) in [6, 6.07) is 1.54. The predicted molar refractivity (Wildman–Crippen MR) is 70.1 cm³/mol. The number of pyridine rings is 1. The Morgan fingerprint density at radius 1 is 1.59 bits per heavy atom. The molecule has 0 aliphatic carbocycles. The zero-order chi connectivity index (χ0) is 12.8. The minimum Gasteiger partial charge on any atom is -0.372 e. The molecule has 0 aromatic carbocycles. The average molecular weight is 276 g/mol. The molecule has 0 saturated heterocycles. The van der Waals surface area contributed by atoms with Crippen molar-refractivity contribution in [2.75, 3.05) is 30.9 Å². The van der Waals surface area contributed by atoms with Gasteiger partial charge in [-0.1, -0.05) is 11.6 Å². The molecule has 1 unspecified atom stereocenters. The molecular formula is C10H14ClN3O2S. The first kappa shape index (κ1) is 13.9. The first-order valence-corrected chi connectivity index (χ1v) is 7.06. The van der Waals surface area contributed by atoms with Crippen LogP contribution in [0.1, 0.15) is 10.4 Å². The van der Waals surface area contributed by atoms with Crippen LogP contribution in [0.3, 0.4) is 0 Å². The van der Waals surface area contributed by atoms with Gasteiger partial charge in [0, 0.05) is 42.6 Å². The number of rotatable bonds is 5. The van der Waals surface area contributed by atoms with Crippen LogP contribution in [0.25, 0.3) is 0 Å². The smallest absolute Gasteiger partial charge is 0.252 e. The van der Waals surface area contributed by atoms with Gasteiger partial charge in [0.2, 0.25) is 0 Å². The van der Waals surface area contributed by atoms with E-state index in [0.717, 1.165) is 0 Å². The van der Waals surface area contributed by atoms with E-state index in [0.29, 0.717) is 28.7 Å². The molecule has 1 atom stereocenters. The van der Waals surface area contributed by atoms with E-state index < -0.39 is 10.8 Å². The van der Waals surface area contributed by atoms with Crippen molar-refractivity contribution in [1.82, 2.24) is 10.3 Å². The maximum Gasteiger partial charge on any atom is 0.252 e. The summed E-state index contributed by atoms with van der Waals surface area (Å²) >= 11 is 5.90. The van der Waals surface area contributed by atoms with Crippen LogP contribution in [0.5, 0.6) is 0 Å². The van der Waals surface area contributed by atoms with Crippen molar-refractivity contribution >= 4 is 34.1 Å². The van der Waals surface area contributed by atoms with E-state index in [1.807, 2.05) is 0 Å². The standard InChI is InChI=1S/C10H14ClN3O2S/c1-12-9-8(11)5-7(6-14-9)10(15)13-3-4-17(2)16/h5-6H,3-4H2,1-2H3,(H,12,14)(H,13,15). The Balaban J connectivity index is 2.63. The van der Waals surface area contributed by atoms with Crippen LogP contribution < -0.4 is 10.6 Å². The molecule has 7 heteroatoms. The van der Waals surface area contributed by atoms with Crippen molar-refractivity contribution in [3.05, 3.63) is 22.8 Å². The highest BCUT2D eigenvalue weighted by atomic mass is 35.5. The normalized spacial score (nSPS) is 11.9. The molecule has 1 heterocycles. The topological polar surface area (TPSA) is 71.1 Å². The summed E-state index contributed by atoms with van der Waals surface area (Å²) in [4.78, 5) is 15.6. The van der Waals surface area contributed by atoms with Crippen LogP contribution >= 0.6 is 11.6 Å². The number of hydrogen-bond acceptors (Lipinski definition) is 4. The van der Waals surface area contributed by atoms with Gasteiger partial charge in [-0.2, -0.15) is 0 Å². The minimum atomic E-state index is -0.914. The highest BCUT2D eigenvalue weighted by Gasteiger charge is 2.08. The van der Waals surface area contributed by atoms with E-state index >= 15 is 0 Å². The molecule has 94 valence electrons. The fraction of sp³-hybridized carbons (Fsp3) is 0.400. The number of nitrogens with zero attached hydrogens (tertiary/aromatic N) is 1. The lowest BCUT2D eigenvalue weighted by Gasteiger charge is -2.06. The van der Waals surface area contributed by atoms with E-state index in [9.17, 15) is 9.00 Å². The minimum absolute atomic E-state index is 0.271. The Kier molecular flexibility index (Phi) is 5.37. The monoisotopic (exact) mass is 275 g/mol. The molecule has 0 bridgehead atoms. The molecule has 17 heavy (non-hydrogen) atoms. The SMILES string of the molecule is CNc1ncc(C(=O)NCCS(C)=O)cc1Cl. The number of halogens is 1. The fourth-order valence-electron chi connectivity index (χ4n) is 1.16. The Morgan fingerprint density at radius 2 is 2.29 bits per heavy atom. The van der Waals surface area contributed by atoms with Gasteiger partial charge < -0.3 is 10.6 Å². The van der Waals surface area contributed by atoms with E-state index in [1.54, 1.807) is 19.4 Å². The van der Waals surface area contributed by atoms with Crippen molar-refractivity contribution < 1.29 is 9.00 Å². The van der Waals surface area contributed by atoms with Crippen LogP contribution in [-0.4, -0.2) is 40.7 Å². The second-order valence-electron chi connectivity index (χ2n) is 3.34. The van der Waals surface area contributed by atoms with Gasteiger partial charge in [-0.25, -0.2) is 4.98 Å². The van der Waals surface area contributed by atoms with E-state index in [1.165, 1.54) is 6.20 Å². The molecule has 1 aromatic heterocycles. The van der Waals surface area contributed by atoms with Crippen molar-refractivity contribution in [1.29, 1.82) is 0 Å². The van der Waals surface area contributed by atoms with Gasteiger partial charge in [-0.05, 0) is 6.07 Å². The first-order valence-electron chi connectivity index (χ1n) is 4.96. The highest BCUT2D eigenvalue weighted by molar-refractivity contribution is 7.84. The predicted octanol–water partition coefficient (Wildman–Crippen LogP) is 0.885. The van der Waals surface area contributed by atoms with Gasteiger partial charge in [0.15, 0.2) is 0 Å². The van der Waals surface area contributed by atoms with Crippen molar-refractivity contribution in [2.24, 2.45) is 0 Å². The van der Waals surface area contributed by atoms with Gasteiger partial charge in [-0.15, -0.1) is 0 Å². The maximum atomic E-state index is 11.6. The number of hydrogen-bond donors (Lipinski definition) is 2. The Bertz CT molecular complexity index is 440. The lowest BCUT2D eigenvalue weighted by atomic mass is 10.2. The van der Waals surface area contributed by atoms with Crippen molar-refractivity contribution in [3.63, 3.8) is 0 Å². The molecular weight excluding hydrogens is 262 g/mol. The van der Waals surface area contributed by atoms with Crippen LogP contribution in [0.15, 0.2) is 12.3 Å². The number of nitrogens with one attached hydrogen (secondary N) is 2. The van der Waals surface area contributed by atoms with Gasteiger partial charge >= 0.3 is 0 Å². The molecule has 0 spiro atoms. The highest BCUT2D eigenvalue weighted by Crippen LogP contribution is 2.19. The number of aromatic nitrogens is 1. The third-order valence-electron chi connectivity index (χ3n) is 2.02. The molecule has 1 amide bonds. The Morgan fingerprint density at radius 3 is 2.82 bits per heavy atom. The quantitative estimate of drug-likeness (QED) is 0.837. The Hall–Kier alpha value is -1.14. The molecule has 5 nitrogen and oxygen atoms in total. The number of carbonyl (C=O) groups excluding carboxylic acids is 1. The lowest BCUT2D eigenvalue weighted by molar-refractivity contribution is 0.0956.